The van der Waals surface area contributed by atoms with E-state index in [0.29, 0.717) is 0 Å². The number of ether oxygens (including phenoxy) is 1. The van der Waals surface area contributed by atoms with Crippen LogP contribution in [-0.4, -0.2) is 40.8 Å². The Morgan fingerprint density at radius 2 is 1.78 bits per heavy atom. The maximum Gasteiger partial charge on any atom is 0.418 e. The second-order valence-corrected chi connectivity index (χ2v) is 5.92. The van der Waals surface area contributed by atoms with Crippen LogP contribution in [0.15, 0.2) is 48.7 Å². The van der Waals surface area contributed by atoms with Crippen molar-refractivity contribution >= 4 is 23.7 Å². The molecular weight excluding hydrogens is 350 g/mol. The van der Waals surface area contributed by atoms with Gasteiger partial charge in [0.25, 0.3) is 5.91 Å². The molecule has 0 radical (unpaired) electrons. The molecule has 1 aromatic carbocycles. The summed E-state index contributed by atoms with van der Waals surface area (Å²) in [5, 5.41) is 4.89. The van der Waals surface area contributed by atoms with Gasteiger partial charge in [-0.15, -0.1) is 0 Å². The van der Waals surface area contributed by atoms with Crippen LogP contribution in [0.3, 0.4) is 0 Å². The van der Waals surface area contributed by atoms with E-state index in [9.17, 15) is 19.2 Å². The number of hydrogen-bond acceptors (Lipinski definition) is 5. The van der Waals surface area contributed by atoms with E-state index < -0.39 is 23.9 Å². The van der Waals surface area contributed by atoms with Gasteiger partial charge in [-0.25, -0.2) is 9.36 Å². The number of nitrogens with zero attached hydrogens (tertiary/aromatic N) is 1. The van der Waals surface area contributed by atoms with Gasteiger partial charge in [-0.2, -0.15) is 0 Å². The Kier molecular flexibility index (Phi) is 6.87. The summed E-state index contributed by atoms with van der Waals surface area (Å²) in [7, 11) is 0. The van der Waals surface area contributed by atoms with Gasteiger partial charge in [-0.1, -0.05) is 30.3 Å². The third kappa shape index (κ3) is 5.81. The first kappa shape index (κ1) is 19.9. The molecule has 0 unspecified atom stereocenters. The molecule has 1 atom stereocenters. The molecule has 27 heavy (non-hydrogen) atoms. The largest absolute Gasteiger partial charge is 0.444 e. The number of hydrogen-bond donors (Lipinski definition) is 2. The minimum atomic E-state index is -0.875. The first-order chi connectivity index (χ1) is 12.9. The zero-order chi connectivity index (χ0) is 19.8. The predicted molar refractivity (Wildman–Crippen MR) is 97.1 cm³/mol. The van der Waals surface area contributed by atoms with E-state index in [0.717, 1.165) is 10.1 Å². The number of amides is 2. The van der Waals surface area contributed by atoms with Crippen molar-refractivity contribution in [3.63, 3.8) is 0 Å². The standard InChI is InChI=1S/C19H21N3O5/c1-13(23)11-20-17(24)14(2)21-18(25)16-9-6-10-22(16)19(26)27-12-15-7-4-3-5-8-15/h3-10,14H,11-12H2,1-2H3,(H,20,24)(H,21,25)/t14-/m0/s1. The Labute approximate surface area is 156 Å². The van der Waals surface area contributed by atoms with Crippen molar-refractivity contribution in [2.24, 2.45) is 0 Å². The highest BCUT2D eigenvalue weighted by Crippen LogP contribution is 2.07. The molecule has 0 fully saturated rings. The summed E-state index contributed by atoms with van der Waals surface area (Å²) in [5.74, 6) is -1.30. The number of ketones is 1. The number of aromatic nitrogens is 1. The summed E-state index contributed by atoms with van der Waals surface area (Å²) in [6.07, 6.45) is 0.700. The van der Waals surface area contributed by atoms with E-state index >= 15 is 0 Å². The lowest BCUT2D eigenvalue weighted by atomic mass is 10.2. The van der Waals surface area contributed by atoms with Gasteiger partial charge in [0.05, 0.1) is 6.54 Å². The lowest BCUT2D eigenvalue weighted by Gasteiger charge is -2.14. The fourth-order valence-electron chi connectivity index (χ4n) is 2.21. The van der Waals surface area contributed by atoms with Crippen molar-refractivity contribution < 1.29 is 23.9 Å². The van der Waals surface area contributed by atoms with Crippen LogP contribution in [0.1, 0.15) is 29.9 Å². The topological polar surface area (TPSA) is 107 Å². The molecule has 0 bridgehead atoms. The molecule has 8 nitrogen and oxygen atoms in total. The Balaban J connectivity index is 1.96. The molecule has 0 aliphatic heterocycles. The molecule has 0 spiro atoms. The van der Waals surface area contributed by atoms with Crippen molar-refractivity contribution in [1.29, 1.82) is 0 Å². The summed E-state index contributed by atoms with van der Waals surface area (Å²) in [5.41, 5.74) is 0.860. The molecule has 0 saturated heterocycles. The van der Waals surface area contributed by atoms with Gasteiger partial charge in [0.2, 0.25) is 5.91 Å². The summed E-state index contributed by atoms with van der Waals surface area (Å²) >= 11 is 0. The number of nitrogens with one attached hydrogen (secondary N) is 2. The molecule has 0 saturated carbocycles. The molecule has 2 rings (SSSR count). The van der Waals surface area contributed by atoms with E-state index in [1.54, 1.807) is 0 Å². The van der Waals surface area contributed by atoms with Gasteiger partial charge in [0.15, 0.2) is 0 Å². The minimum absolute atomic E-state index is 0.0410. The van der Waals surface area contributed by atoms with Crippen LogP contribution in [0.5, 0.6) is 0 Å². The highest BCUT2D eigenvalue weighted by atomic mass is 16.5. The fourth-order valence-corrected chi connectivity index (χ4v) is 2.21. The van der Waals surface area contributed by atoms with Crippen molar-refractivity contribution in [2.45, 2.75) is 26.5 Å². The van der Waals surface area contributed by atoms with Crippen molar-refractivity contribution in [3.8, 4) is 0 Å². The molecule has 2 amide bonds. The highest BCUT2D eigenvalue weighted by molar-refractivity contribution is 5.99. The van der Waals surface area contributed by atoms with E-state index in [1.807, 2.05) is 30.3 Å². The van der Waals surface area contributed by atoms with Crippen LogP contribution >= 0.6 is 0 Å². The number of Topliss-reactive ketones (excluding diaryl/α,β-unsaturated/α-hetero) is 1. The van der Waals surface area contributed by atoms with Crippen LogP contribution in [0.2, 0.25) is 0 Å². The molecule has 8 heteroatoms. The first-order valence-electron chi connectivity index (χ1n) is 8.35. The lowest BCUT2D eigenvalue weighted by molar-refractivity contribution is -0.125. The number of rotatable bonds is 7. The molecule has 2 N–H and O–H groups in total. The lowest BCUT2D eigenvalue weighted by Crippen LogP contribution is -2.46. The molecular formula is C19H21N3O5. The SMILES string of the molecule is CC(=O)CNC(=O)[C@H](C)NC(=O)c1cccn1C(=O)OCc1ccccc1. The van der Waals surface area contributed by atoms with Gasteiger partial charge < -0.3 is 15.4 Å². The average molecular weight is 371 g/mol. The molecule has 1 heterocycles. The zero-order valence-corrected chi connectivity index (χ0v) is 15.1. The quantitative estimate of drug-likeness (QED) is 0.767. The number of carbonyl (C=O) groups excluding carboxylic acids is 4. The summed E-state index contributed by atoms with van der Waals surface area (Å²) in [6.45, 7) is 2.79. The minimum Gasteiger partial charge on any atom is -0.444 e. The van der Waals surface area contributed by atoms with E-state index in [1.165, 1.54) is 32.2 Å². The van der Waals surface area contributed by atoms with Crippen LogP contribution in [0.25, 0.3) is 0 Å². The highest BCUT2D eigenvalue weighted by Gasteiger charge is 2.21. The van der Waals surface area contributed by atoms with Gasteiger partial charge in [0, 0.05) is 6.20 Å². The molecule has 0 aliphatic rings. The van der Waals surface area contributed by atoms with Gasteiger partial charge in [-0.3, -0.25) is 14.4 Å². The molecule has 142 valence electrons. The number of carbonyl (C=O) groups is 4. The van der Waals surface area contributed by atoms with E-state index in [-0.39, 0.29) is 24.6 Å². The monoisotopic (exact) mass is 371 g/mol. The van der Waals surface area contributed by atoms with Crippen molar-refractivity contribution in [2.75, 3.05) is 6.54 Å². The smallest absolute Gasteiger partial charge is 0.418 e. The summed E-state index contributed by atoms with van der Waals surface area (Å²) in [4.78, 5) is 47.4. The average Bonchev–Trinajstić information content (AvgIpc) is 3.15. The summed E-state index contributed by atoms with van der Waals surface area (Å²) in [6, 6.07) is 11.2. The van der Waals surface area contributed by atoms with Crippen LogP contribution in [0, 0.1) is 0 Å². The van der Waals surface area contributed by atoms with Crippen molar-refractivity contribution in [3.05, 3.63) is 59.9 Å². The van der Waals surface area contributed by atoms with Crippen molar-refractivity contribution in [1.82, 2.24) is 15.2 Å². The number of benzene rings is 1. The second kappa shape index (κ2) is 9.33. The second-order valence-electron chi connectivity index (χ2n) is 5.92. The Morgan fingerprint density at radius 1 is 1.07 bits per heavy atom. The van der Waals surface area contributed by atoms with Crippen LogP contribution < -0.4 is 10.6 Å². The summed E-state index contributed by atoms with van der Waals surface area (Å²) < 4.78 is 6.28. The Hall–Kier alpha value is -3.42. The molecule has 0 aliphatic carbocycles. The van der Waals surface area contributed by atoms with E-state index in [2.05, 4.69) is 10.6 Å². The Bertz CT molecular complexity index is 829. The van der Waals surface area contributed by atoms with Crippen LogP contribution in [0.4, 0.5) is 4.79 Å². The Morgan fingerprint density at radius 3 is 2.44 bits per heavy atom. The van der Waals surface area contributed by atoms with Gasteiger partial charge in [-0.05, 0) is 31.5 Å². The third-order valence-corrected chi connectivity index (χ3v) is 3.64. The zero-order valence-electron chi connectivity index (χ0n) is 15.1. The van der Waals surface area contributed by atoms with Gasteiger partial charge in [0.1, 0.15) is 24.1 Å². The van der Waals surface area contributed by atoms with Crippen LogP contribution in [-0.2, 0) is 20.9 Å². The molecule has 2 aromatic rings. The first-order valence-corrected chi connectivity index (χ1v) is 8.35. The van der Waals surface area contributed by atoms with E-state index in [4.69, 9.17) is 4.74 Å². The predicted octanol–water partition coefficient (Wildman–Crippen LogP) is 1.50. The third-order valence-electron chi connectivity index (χ3n) is 3.64. The fraction of sp³-hybridized carbons (Fsp3) is 0.263. The van der Waals surface area contributed by atoms with Gasteiger partial charge >= 0.3 is 6.09 Å². The maximum atomic E-state index is 12.4. The maximum absolute atomic E-state index is 12.4. The normalized spacial score (nSPS) is 11.3. The molecule has 1 aromatic heterocycles.